The van der Waals surface area contributed by atoms with Crippen molar-refractivity contribution in [2.75, 3.05) is 33.7 Å². The molecule has 0 amide bonds. The smallest absolute Gasteiger partial charge is 0.191 e. The molecule has 0 aliphatic heterocycles. The van der Waals surface area contributed by atoms with E-state index in [0.29, 0.717) is 6.04 Å². The third-order valence-corrected chi connectivity index (χ3v) is 3.25. The van der Waals surface area contributed by atoms with Crippen LogP contribution in [-0.2, 0) is 0 Å². The van der Waals surface area contributed by atoms with Crippen molar-refractivity contribution in [1.82, 2.24) is 15.5 Å². The summed E-state index contributed by atoms with van der Waals surface area (Å²) in [6.45, 7) is 5.28. The summed E-state index contributed by atoms with van der Waals surface area (Å²) in [6, 6.07) is 0.634. The molecule has 0 unspecified atom stereocenters. The average molecular weight is 354 g/mol. The van der Waals surface area contributed by atoms with Gasteiger partial charge in [-0.3, -0.25) is 4.99 Å². The molecule has 0 radical (unpaired) electrons. The fourth-order valence-electron chi connectivity index (χ4n) is 1.98. The van der Waals surface area contributed by atoms with Crippen LogP contribution in [0.25, 0.3) is 0 Å². The van der Waals surface area contributed by atoms with Gasteiger partial charge in [0.2, 0.25) is 0 Å². The minimum Gasteiger partial charge on any atom is -0.355 e. The number of aliphatic imine (C=N–C) groups is 1. The van der Waals surface area contributed by atoms with Gasteiger partial charge >= 0.3 is 0 Å². The molecule has 0 bridgehead atoms. The lowest BCUT2D eigenvalue weighted by Crippen LogP contribution is -2.44. The highest BCUT2D eigenvalue weighted by molar-refractivity contribution is 14.0. The Morgan fingerprint density at radius 3 is 2.53 bits per heavy atom. The lowest BCUT2D eigenvalue weighted by Gasteiger charge is -2.19. The molecule has 4 nitrogen and oxygen atoms in total. The second-order valence-electron chi connectivity index (χ2n) is 4.52. The van der Waals surface area contributed by atoms with Gasteiger partial charge in [0.25, 0.3) is 0 Å². The van der Waals surface area contributed by atoms with Gasteiger partial charge in [-0.25, -0.2) is 0 Å². The number of guanidine groups is 1. The first-order chi connectivity index (χ1) is 7.76. The van der Waals surface area contributed by atoms with Crippen LogP contribution in [0.4, 0.5) is 0 Å². The highest BCUT2D eigenvalue weighted by Crippen LogP contribution is 2.17. The van der Waals surface area contributed by atoms with Crippen molar-refractivity contribution in [3.8, 4) is 0 Å². The summed E-state index contributed by atoms with van der Waals surface area (Å²) in [5.74, 6) is 0.955. The van der Waals surface area contributed by atoms with Gasteiger partial charge in [-0.15, -0.1) is 24.0 Å². The topological polar surface area (TPSA) is 39.7 Å². The molecule has 5 heteroatoms. The largest absolute Gasteiger partial charge is 0.355 e. The first-order valence-corrected chi connectivity index (χ1v) is 6.42. The number of likely N-dealkylation sites (N-methyl/N-ethyl adjacent to an activating group) is 1. The zero-order valence-electron chi connectivity index (χ0n) is 11.3. The second kappa shape index (κ2) is 9.94. The van der Waals surface area contributed by atoms with E-state index >= 15 is 0 Å². The van der Waals surface area contributed by atoms with Gasteiger partial charge in [-0.1, -0.05) is 19.8 Å². The van der Waals surface area contributed by atoms with Crippen LogP contribution >= 0.6 is 24.0 Å². The molecule has 17 heavy (non-hydrogen) atoms. The Hall–Kier alpha value is -0.0400. The summed E-state index contributed by atoms with van der Waals surface area (Å²) in [5.41, 5.74) is 0. The Morgan fingerprint density at radius 1 is 1.35 bits per heavy atom. The number of rotatable bonds is 5. The minimum atomic E-state index is 0. The molecule has 0 aromatic heterocycles. The molecule has 0 saturated heterocycles. The normalized spacial score (nSPS) is 17.1. The molecule has 2 N–H and O–H groups in total. The second-order valence-corrected chi connectivity index (χ2v) is 4.52. The molecular weight excluding hydrogens is 327 g/mol. The molecular formula is C12H27IN4. The first-order valence-electron chi connectivity index (χ1n) is 6.42. The standard InChI is InChI=1S/C12H26N4.HI/c1-4-16(3)10-9-14-12(13-2)15-11-7-5-6-8-11;/h11H,4-10H2,1-3H3,(H2,13,14,15);1H. The molecule has 0 aromatic carbocycles. The molecule has 1 fully saturated rings. The molecule has 0 heterocycles. The Morgan fingerprint density at radius 2 is 2.00 bits per heavy atom. The predicted molar refractivity (Wildman–Crippen MR) is 85.3 cm³/mol. The number of hydrogen-bond donors (Lipinski definition) is 2. The monoisotopic (exact) mass is 354 g/mol. The quantitative estimate of drug-likeness (QED) is 0.448. The minimum absolute atomic E-state index is 0. The summed E-state index contributed by atoms with van der Waals surface area (Å²) in [5, 5.41) is 6.84. The van der Waals surface area contributed by atoms with Crippen LogP contribution in [0.15, 0.2) is 4.99 Å². The zero-order valence-corrected chi connectivity index (χ0v) is 13.7. The van der Waals surface area contributed by atoms with Gasteiger partial charge in [0.1, 0.15) is 0 Å². The van der Waals surface area contributed by atoms with Crippen molar-refractivity contribution in [2.45, 2.75) is 38.6 Å². The Labute approximate surface area is 123 Å². The van der Waals surface area contributed by atoms with Crippen LogP contribution in [0.5, 0.6) is 0 Å². The van der Waals surface area contributed by atoms with E-state index in [0.717, 1.165) is 25.6 Å². The van der Waals surface area contributed by atoms with E-state index in [2.05, 4.69) is 34.5 Å². The van der Waals surface area contributed by atoms with Gasteiger partial charge < -0.3 is 15.5 Å². The van der Waals surface area contributed by atoms with Crippen LogP contribution in [0.3, 0.4) is 0 Å². The lowest BCUT2D eigenvalue weighted by molar-refractivity contribution is 0.357. The Kier molecular flexibility index (Phi) is 9.91. The maximum Gasteiger partial charge on any atom is 0.191 e. The highest BCUT2D eigenvalue weighted by atomic mass is 127. The summed E-state index contributed by atoms with van der Waals surface area (Å²) < 4.78 is 0. The van der Waals surface area contributed by atoms with Crippen molar-refractivity contribution in [3.63, 3.8) is 0 Å². The third kappa shape index (κ3) is 7.08. The maximum atomic E-state index is 4.25. The van der Waals surface area contributed by atoms with Crippen LogP contribution in [-0.4, -0.2) is 50.6 Å². The molecule has 1 rings (SSSR count). The molecule has 0 aromatic rings. The van der Waals surface area contributed by atoms with Crippen LogP contribution < -0.4 is 10.6 Å². The molecule has 1 saturated carbocycles. The predicted octanol–water partition coefficient (Wildman–Crippen LogP) is 1.66. The van der Waals surface area contributed by atoms with E-state index in [1.54, 1.807) is 0 Å². The molecule has 1 aliphatic carbocycles. The number of nitrogens with one attached hydrogen (secondary N) is 2. The summed E-state index contributed by atoms with van der Waals surface area (Å²) in [6.07, 6.45) is 5.28. The van der Waals surface area contributed by atoms with Crippen molar-refractivity contribution in [1.29, 1.82) is 0 Å². The van der Waals surface area contributed by atoms with Gasteiger partial charge in [0, 0.05) is 26.2 Å². The van der Waals surface area contributed by atoms with Gasteiger partial charge in [0.15, 0.2) is 5.96 Å². The molecule has 1 aliphatic rings. The average Bonchev–Trinajstić information content (AvgIpc) is 2.80. The number of halogens is 1. The molecule has 0 spiro atoms. The van der Waals surface area contributed by atoms with E-state index in [4.69, 9.17) is 0 Å². The van der Waals surface area contributed by atoms with E-state index in [-0.39, 0.29) is 24.0 Å². The fraction of sp³-hybridized carbons (Fsp3) is 0.917. The summed E-state index contributed by atoms with van der Waals surface area (Å²) in [4.78, 5) is 6.54. The molecule has 102 valence electrons. The van der Waals surface area contributed by atoms with Crippen LogP contribution in [0, 0.1) is 0 Å². The van der Waals surface area contributed by atoms with Crippen molar-refractivity contribution in [2.24, 2.45) is 4.99 Å². The van der Waals surface area contributed by atoms with Crippen molar-refractivity contribution >= 4 is 29.9 Å². The van der Waals surface area contributed by atoms with Crippen molar-refractivity contribution in [3.05, 3.63) is 0 Å². The number of nitrogens with zero attached hydrogens (tertiary/aromatic N) is 2. The zero-order chi connectivity index (χ0) is 11.8. The van der Waals surface area contributed by atoms with Gasteiger partial charge in [-0.05, 0) is 26.4 Å². The lowest BCUT2D eigenvalue weighted by atomic mass is 10.2. The van der Waals surface area contributed by atoms with Gasteiger partial charge in [-0.2, -0.15) is 0 Å². The van der Waals surface area contributed by atoms with Crippen molar-refractivity contribution < 1.29 is 0 Å². The van der Waals surface area contributed by atoms with Crippen LogP contribution in [0.2, 0.25) is 0 Å². The van der Waals surface area contributed by atoms with E-state index in [9.17, 15) is 0 Å². The first kappa shape index (κ1) is 17.0. The third-order valence-electron chi connectivity index (χ3n) is 3.25. The fourth-order valence-corrected chi connectivity index (χ4v) is 1.98. The summed E-state index contributed by atoms with van der Waals surface area (Å²) in [7, 11) is 3.97. The summed E-state index contributed by atoms with van der Waals surface area (Å²) >= 11 is 0. The van der Waals surface area contributed by atoms with E-state index in [1.165, 1.54) is 25.7 Å². The van der Waals surface area contributed by atoms with Crippen LogP contribution in [0.1, 0.15) is 32.6 Å². The highest BCUT2D eigenvalue weighted by Gasteiger charge is 2.15. The van der Waals surface area contributed by atoms with E-state index in [1.807, 2.05) is 7.05 Å². The Bertz CT molecular complexity index is 215. The maximum absolute atomic E-state index is 4.25. The SMILES string of the molecule is CCN(C)CCNC(=NC)NC1CCCC1.I. The van der Waals surface area contributed by atoms with E-state index < -0.39 is 0 Å². The molecule has 0 atom stereocenters. The number of hydrogen-bond acceptors (Lipinski definition) is 2. The Balaban J connectivity index is 0.00000256. The van der Waals surface area contributed by atoms with Gasteiger partial charge in [0.05, 0.1) is 0 Å².